The Labute approximate surface area is 325 Å². The SMILES string of the molecule is CCCCCCCCCCCCCCCCCCCCCCC(=O)O[Si](C)(C)OC(=O)CCCCCCCCCCCCCCCCC.OC=S. The van der Waals surface area contributed by atoms with Gasteiger partial charge in [0.25, 0.3) is 11.9 Å². The third kappa shape index (κ3) is 47.0. The van der Waals surface area contributed by atoms with E-state index in [1.54, 1.807) is 0 Å². The monoisotopic (exact) mass is 757 g/mol. The zero-order chi connectivity index (χ0) is 37.9. The van der Waals surface area contributed by atoms with E-state index in [0.717, 1.165) is 25.7 Å². The zero-order valence-electron chi connectivity index (χ0n) is 34.7. The van der Waals surface area contributed by atoms with Gasteiger partial charge in [0.15, 0.2) is 0 Å². The Kier molecular flexibility index (Phi) is 44.4. The van der Waals surface area contributed by atoms with Crippen molar-refractivity contribution in [3.05, 3.63) is 0 Å². The number of aliphatic hydroxyl groups is 1. The number of hydrogen-bond donors (Lipinski definition) is 1. The van der Waals surface area contributed by atoms with Crippen LogP contribution in [0.1, 0.15) is 251 Å². The van der Waals surface area contributed by atoms with Crippen molar-refractivity contribution in [1.82, 2.24) is 0 Å². The normalized spacial score (nSPS) is 11.2. The summed E-state index contributed by atoms with van der Waals surface area (Å²) in [4.78, 5) is 24.7. The maximum Gasteiger partial charge on any atom is 0.457 e. The van der Waals surface area contributed by atoms with Crippen LogP contribution in [0.2, 0.25) is 13.1 Å². The molecule has 0 aromatic heterocycles. The van der Waals surface area contributed by atoms with Gasteiger partial charge in [-0.2, -0.15) is 0 Å². The van der Waals surface area contributed by atoms with Crippen molar-refractivity contribution >= 4 is 38.3 Å². The van der Waals surface area contributed by atoms with Gasteiger partial charge in [-0.3, -0.25) is 9.59 Å². The lowest BCUT2D eigenvalue weighted by molar-refractivity contribution is -0.141. The van der Waals surface area contributed by atoms with Gasteiger partial charge >= 0.3 is 8.56 Å². The van der Waals surface area contributed by atoms with E-state index in [0.29, 0.717) is 18.4 Å². The minimum absolute atomic E-state index is 0.200. The smallest absolute Gasteiger partial charge is 0.457 e. The molecule has 0 saturated carbocycles. The molecule has 0 aromatic rings. The third-order valence-corrected chi connectivity index (χ3v) is 11.4. The predicted molar refractivity (Wildman–Crippen MR) is 228 cm³/mol. The highest BCUT2D eigenvalue weighted by molar-refractivity contribution is 7.78. The topological polar surface area (TPSA) is 72.8 Å². The molecule has 0 aromatic carbocycles. The van der Waals surface area contributed by atoms with Gasteiger partial charge in [-0.15, -0.1) is 0 Å². The van der Waals surface area contributed by atoms with Crippen LogP contribution < -0.4 is 0 Å². The summed E-state index contributed by atoms with van der Waals surface area (Å²) < 4.78 is 11.3. The molecule has 1 N–H and O–H groups in total. The second-order valence-electron chi connectivity index (χ2n) is 15.6. The zero-order valence-corrected chi connectivity index (χ0v) is 36.5. The quantitative estimate of drug-likeness (QED) is 0.0382. The number of unbranched alkanes of at least 4 members (excludes halogenated alkanes) is 33. The van der Waals surface area contributed by atoms with Gasteiger partial charge in [0.2, 0.25) is 0 Å². The van der Waals surface area contributed by atoms with Crippen molar-refractivity contribution in [2.75, 3.05) is 0 Å². The Hall–Kier alpha value is -0.953. The van der Waals surface area contributed by atoms with Crippen molar-refractivity contribution in [1.29, 1.82) is 0 Å². The summed E-state index contributed by atoms with van der Waals surface area (Å²) >= 11 is 3.82. The Morgan fingerprint density at radius 1 is 0.412 bits per heavy atom. The number of aliphatic hydroxyl groups excluding tert-OH is 1. The molecule has 0 fully saturated rings. The van der Waals surface area contributed by atoms with Crippen LogP contribution in [0, 0.1) is 0 Å². The van der Waals surface area contributed by atoms with Gasteiger partial charge in [0.05, 0.1) is 0 Å². The molecule has 0 unspecified atom stereocenters. The second-order valence-corrected chi connectivity index (χ2v) is 19.0. The van der Waals surface area contributed by atoms with Crippen molar-refractivity contribution in [3.63, 3.8) is 0 Å². The molecule has 0 radical (unpaired) electrons. The van der Waals surface area contributed by atoms with Gasteiger partial charge in [0.1, 0.15) is 5.55 Å². The lowest BCUT2D eigenvalue weighted by Crippen LogP contribution is -2.39. The lowest BCUT2D eigenvalue weighted by atomic mass is 10.0. The van der Waals surface area contributed by atoms with E-state index in [9.17, 15) is 9.59 Å². The third-order valence-electron chi connectivity index (χ3n) is 9.94. The van der Waals surface area contributed by atoms with Gasteiger partial charge in [-0.25, -0.2) is 0 Å². The molecular formula is C44H88O5SSi. The van der Waals surface area contributed by atoms with Crippen molar-refractivity contribution < 1.29 is 23.5 Å². The van der Waals surface area contributed by atoms with Crippen molar-refractivity contribution in [3.8, 4) is 0 Å². The van der Waals surface area contributed by atoms with E-state index in [1.165, 1.54) is 199 Å². The average Bonchev–Trinajstić information content (AvgIpc) is 3.09. The number of thiocarbonyl (C=S) groups is 1. The molecule has 0 spiro atoms. The van der Waals surface area contributed by atoms with Gasteiger partial charge in [-0.05, 0) is 25.1 Å². The first-order valence-corrected chi connectivity index (χ1v) is 25.6. The Morgan fingerprint density at radius 2 is 0.569 bits per heavy atom. The second kappa shape index (κ2) is 43.5. The highest BCUT2D eigenvalue weighted by atomic mass is 32.1. The molecule has 0 aliphatic heterocycles. The number of hydrogen-bond acceptors (Lipinski definition) is 5. The number of carbonyl (C=O) groups is 2. The number of rotatable bonds is 39. The molecule has 304 valence electrons. The minimum Gasteiger partial charge on any atom is -0.504 e. The summed E-state index contributed by atoms with van der Waals surface area (Å²) in [5.74, 6) is -0.401. The largest absolute Gasteiger partial charge is 0.504 e. The first kappa shape index (κ1) is 52.2. The molecule has 0 heterocycles. The predicted octanol–water partition coefficient (Wildman–Crippen LogP) is 15.7. The van der Waals surface area contributed by atoms with Crippen molar-refractivity contribution in [2.24, 2.45) is 0 Å². The molecule has 0 aliphatic carbocycles. The van der Waals surface area contributed by atoms with Crippen LogP contribution in [0.4, 0.5) is 0 Å². The molecule has 0 bridgehead atoms. The van der Waals surface area contributed by atoms with E-state index in [4.69, 9.17) is 14.0 Å². The molecule has 0 rings (SSSR count). The van der Waals surface area contributed by atoms with E-state index >= 15 is 0 Å². The van der Waals surface area contributed by atoms with Gasteiger partial charge in [0, 0.05) is 25.9 Å². The molecular weight excluding hydrogens is 669 g/mol. The van der Waals surface area contributed by atoms with Crippen LogP contribution in [0.15, 0.2) is 0 Å². The summed E-state index contributed by atoms with van der Waals surface area (Å²) in [6, 6.07) is 0. The highest BCUT2D eigenvalue weighted by Gasteiger charge is 2.33. The lowest BCUT2D eigenvalue weighted by Gasteiger charge is -2.22. The Balaban J connectivity index is 0. The Bertz CT molecular complexity index is 732. The molecule has 5 nitrogen and oxygen atoms in total. The standard InChI is InChI=1S/C43H86O4Si.CH2OS/c1-5-7-9-11-13-15-17-19-21-22-23-24-25-27-29-31-33-35-37-39-41-43(45)47-48(3,4)46-42(44)40-38-36-34-32-30-28-26-20-18-16-14-12-10-8-6-2;2-1-3/h5-41H2,1-4H3;1H,(H,2,3). The van der Waals surface area contributed by atoms with Crippen LogP contribution in [-0.4, -0.2) is 31.2 Å². The van der Waals surface area contributed by atoms with Crippen LogP contribution >= 0.6 is 12.2 Å². The summed E-state index contributed by atoms with van der Waals surface area (Å²) in [6.07, 6.45) is 47.5. The average molecular weight is 757 g/mol. The number of carbonyl (C=O) groups excluding carboxylic acids is 2. The van der Waals surface area contributed by atoms with Gasteiger partial charge < -0.3 is 14.0 Å². The van der Waals surface area contributed by atoms with E-state index in [1.807, 2.05) is 13.1 Å². The van der Waals surface area contributed by atoms with Crippen LogP contribution in [0.5, 0.6) is 0 Å². The van der Waals surface area contributed by atoms with Crippen LogP contribution in [0.3, 0.4) is 0 Å². The van der Waals surface area contributed by atoms with Crippen LogP contribution in [-0.2, 0) is 18.4 Å². The summed E-state index contributed by atoms with van der Waals surface area (Å²) in [7, 11) is -2.75. The van der Waals surface area contributed by atoms with E-state index in [2.05, 4.69) is 26.1 Å². The fraction of sp³-hybridized carbons (Fsp3) is 0.932. The van der Waals surface area contributed by atoms with Crippen molar-refractivity contribution in [2.45, 2.75) is 265 Å². The maximum atomic E-state index is 12.4. The first-order valence-electron chi connectivity index (χ1n) is 22.3. The highest BCUT2D eigenvalue weighted by Crippen LogP contribution is 2.18. The fourth-order valence-electron chi connectivity index (χ4n) is 6.84. The molecule has 0 aliphatic rings. The van der Waals surface area contributed by atoms with Gasteiger partial charge in [-0.1, -0.05) is 226 Å². The Morgan fingerprint density at radius 3 is 0.745 bits per heavy atom. The maximum absolute atomic E-state index is 12.4. The molecule has 51 heavy (non-hydrogen) atoms. The fourth-order valence-corrected chi connectivity index (χ4v) is 8.18. The minimum atomic E-state index is -2.75. The van der Waals surface area contributed by atoms with Crippen LogP contribution in [0.25, 0.3) is 0 Å². The van der Waals surface area contributed by atoms with E-state index < -0.39 is 8.56 Å². The molecule has 7 heteroatoms. The molecule has 0 atom stereocenters. The summed E-state index contributed by atoms with van der Waals surface area (Å²) in [5.41, 5.74) is 0.583. The first-order chi connectivity index (χ1) is 24.8. The molecule has 0 amide bonds. The molecule has 0 saturated heterocycles. The summed E-state index contributed by atoms with van der Waals surface area (Å²) in [6.45, 7) is 8.19. The van der Waals surface area contributed by atoms with E-state index in [-0.39, 0.29) is 11.9 Å². The summed E-state index contributed by atoms with van der Waals surface area (Å²) in [5, 5.41) is 7.26.